The molecule has 5 heteroatoms. The van der Waals surface area contributed by atoms with Crippen molar-refractivity contribution in [1.29, 1.82) is 0 Å². The van der Waals surface area contributed by atoms with Crippen molar-refractivity contribution in [3.05, 3.63) is 60.2 Å². The Morgan fingerprint density at radius 3 is 2.48 bits per heavy atom. The van der Waals surface area contributed by atoms with Gasteiger partial charge in [0, 0.05) is 0 Å². The van der Waals surface area contributed by atoms with E-state index in [-0.39, 0.29) is 18.2 Å². The maximum absolute atomic E-state index is 12.6. The van der Waals surface area contributed by atoms with Gasteiger partial charge in [-0.05, 0) is 49.7 Å². The summed E-state index contributed by atoms with van der Waals surface area (Å²) in [6.45, 7) is 3.15. The number of hydrogen-bond donors (Lipinski definition) is 1. The van der Waals surface area contributed by atoms with E-state index in [0.29, 0.717) is 18.8 Å². The number of nitrogens with one attached hydrogen (secondary N) is 1. The molecule has 2 aromatic rings. The number of anilines is 1. The number of hydrogen-bond acceptors (Lipinski definition) is 4. The minimum Gasteiger partial charge on any atom is -0.494 e. The number of nitrogens with zero attached hydrogens (tertiary/aromatic N) is 1. The molecule has 0 unspecified atom stereocenters. The summed E-state index contributed by atoms with van der Waals surface area (Å²) in [5.41, 5.74) is 1.79. The van der Waals surface area contributed by atoms with Gasteiger partial charge in [-0.3, -0.25) is 9.59 Å². The normalized spacial score (nSPS) is 17.2. The summed E-state index contributed by atoms with van der Waals surface area (Å²) in [6, 6.07) is 16.6. The molecule has 2 aromatic carbocycles. The zero-order chi connectivity index (χ0) is 17.6. The lowest BCUT2D eigenvalue weighted by atomic mass is 10.1. The van der Waals surface area contributed by atoms with Crippen molar-refractivity contribution in [1.82, 2.24) is 5.32 Å². The second-order valence-corrected chi connectivity index (χ2v) is 5.94. The van der Waals surface area contributed by atoms with Gasteiger partial charge in [0.15, 0.2) is 0 Å². The molecular formula is C20H22N2O3. The molecule has 0 aromatic heterocycles. The lowest BCUT2D eigenvalue weighted by Gasteiger charge is -2.16. The number of ether oxygens (including phenoxy) is 1. The highest BCUT2D eigenvalue weighted by molar-refractivity contribution is 6.22. The molecule has 1 aliphatic heterocycles. The summed E-state index contributed by atoms with van der Waals surface area (Å²) >= 11 is 0. The predicted octanol–water partition coefficient (Wildman–Crippen LogP) is 2.55. The van der Waals surface area contributed by atoms with Crippen LogP contribution in [0.2, 0.25) is 0 Å². The number of amides is 2. The maximum atomic E-state index is 12.6. The number of rotatable bonds is 7. The zero-order valence-electron chi connectivity index (χ0n) is 14.3. The van der Waals surface area contributed by atoms with E-state index < -0.39 is 6.04 Å². The lowest BCUT2D eigenvalue weighted by Crippen LogP contribution is -2.39. The van der Waals surface area contributed by atoms with Gasteiger partial charge >= 0.3 is 0 Å². The van der Waals surface area contributed by atoms with Gasteiger partial charge in [0.05, 0.1) is 24.8 Å². The molecule has 1 atom stereocenters. The fourth-order valence-corrected chi connectivity index (χ4v) is 2.96. The van der Waals surface area contributed by atoms with Crippen molar-refractivity contribution >= 4 is 17.5 Å². The average Bonchev–Trinajstić information content (AvgIpc) is 2.91. The smallest absolute Gasteiger partial charge is 0.251 e. The van der Waals surface area contributed by atoms with Crippen molar-refractivity contribution in [2.24, 2.45) is 0 Å². The molecule has 2 amide bonds. The fourth-order valence-electron chi connectivity index (χ4n) is 2.96. The highest BCUT2D eigenvalue weighted by Crippen LogP contribution is 2.25. The highest BCUT2D eigenvalue weighted by atomic mass is 16.5. The van der Waals surface area contributed by atoms with Gasteiger partial charge < -0.3 is 10.1 Å². The molecule has 1 saturated heterocycles. The predicted molar refractivity (Wildman–Crippen MR) is 96.7 cm³/mol. The van der Waals surface area contributed by atoms with E-state index in [9.17, 15) is 9.59 Å². The van der Waals surface area contributed by atoms with E-state index in [1.165, 1.54) is 10.5 Å². The van der Waals surface area contributed by atoms with Crippen LogP contribution in [0.1, 0.15) is 18.9 Å². The maximum Gasteiger partial charge on any atom is 0.251 e. The molecule has 1 fully saturated rings. The van der Waals surface area contributed by atoms with E-state index in [2.05, 4.69) is 17.4 Å². The first-order valence-electron chi connectivity index (χ1n) is 8.56. The molecule has 1 N–H and O–H groups in total. The van der Waals surface area contributed by atoms with Crippen LogP contribution >= 0.6 is 0 Å². The Balaban J connectivity index is 1.59. The standard InChI is InChI=1S/C20H22N2O3/c1-2-25-17-10-8-16(9-11-17)22-19(23)14-18(20(22)24)21-13-12-15-6-4-3-5-7-15/h3-11,18,21H,2,12-14H2,1H3/t18-/m1/s1. The monoisotopic (exact) mass is 338 g/mol. The average molecular weight is 338 g/mol. The van der Waals surface area contributed by atoms with Crippen LogP contribution in [0.4, 0.5) is 5.69 Å². The first-order valence-corrected chi connectivity index (χ1v) is 8.56. The van der Waals surface area contributed by atoms with E-state index in [0.717, 1.165) is 12.2 Å². The second kappa shape index (κ2) is 7.94. The summed E-state index contributed by atoms with van der Waals surface area (Å²) in [4.78, 5) is 26.1. The van der Waals surface area contributed by atoms with Crippen molar-refractivity contribution < 1.29 is 14.3 Å². The molecule has 5 nitrogen and oxygen atoms in total. The zero-order valence-corrected chi connectivity index (χ0v) is 14.3. The number of benzene rings is 2. The topological polar surface area (TPSA) is 58.6 Å². The molecule has 0 saturated carbocycles. The Labute approximate surface area is 147 Å². The first-order chi connectivity index (χ1) is 12.2. The number of carbonyl (C=O) groups excluding carboxylic acids is 2. The van der Waals surface area contributed by atoms with Crippen LogP contribution in [-0.2, 0) is 16.0 Å². The van der Waals surface area contributed by atoms with Crippen LogP contribution in [0, 0.1) is 0 Å². The summed E-state index contributed by atoms with van der Waals surface area (Å²) in [5.74, 6) is 0.358. The third kappa shape index (κ3) is 4.06. The Morgan fingerprint density at radius 2 is 1.80 bits per heavy atom. The molecule has 0 bridgehead atoms. The summed E-state index contributed by atoms with van der Waals surface area (Å²) in [6.07, 6.45) is 1.02. The Bertz CT molecular complexity index is 728. The Morgan fingerprint density at radius 1 is 1.08 bits per heavy atom. The molecule has 130 valence electrons. The van der Waals surface area contributed by atoms with Crippen molar-refractivity contribution in [3.8, 4) is 5.75 Å². The van der Waals surface area contributed by atoms with Crippen LogP contribution in [0.25, 0.3) is 0 Å². The molecule has 0 radical (unpaired) electrons. The van der Waals surface area contributed by atoms with E-state index in [4.69, 9.17) is 4.74 Å². The summed E-state index contributed by atoms with van der Waals surface area (Å²) in [7, 11) is 0. The quantitative estimate of drug-likeness (QED) is 0.788. The van der Waals surface area contributed by atoms with E-state index >= 15 is 0 Å². The summed E-state index contributed by atoms with van der Waals surface area (Å²) < 4.78 is 5.39. The minimum atomic E-state index is -0.456. The Hall–Kier alpha value is -2.66. The molecular weight excluding hydrogens is 316 g/mol. The number of carbonyl (C=O) groups is 2. The van der Waals surface area contributed by atoms with Crippen LogP contribution in [0.5, 0.6) is 5.75 Å². The molecule has 3 rings (SSSR count). The van der Waals surface area contributed by atoms with Crippen LogP contribution in [0.3, 0.4) is 0 Å². The van der Waals surface area contributed by atoms with Crippen molar-refractivity contribution in [3.63, 3.8) is 0 Å². The fraction of sp³-hybridized carbons (Fsp3) is 0.300. The second-order valence-electron chi connectivity index (χ2n) is 5.94. The van der Waals surface area contributed by atoms with Gasteiger partial charge in [-0.15, -0.1) is 0 Å². The van der Waals surface area contributed by atoms with Crippen molar-refractivity contribution in [2.75, 3.05) is 18.1 Å². The van der Waals surface area contributed by atoms with Gasteiger partial charge in [0.25, 0.3) is 5.91 Å². The molecule has 0 aliphatic carbocycles. The van der Waals surface area contributed by atoms with Gasteiger partial charge in [-0.1, -0.05) is 30.3 Å². The Kier molecular flexibility index (Phi) is 5.46. The van der Waals surface area contributed by atoms with Gasteiger partial charge in [-0.25, -0.2) is 4.90 Å². The molecule has 1 heterocycles. The van der Waals surface area contributed by atoms with Crippen LogP contribution in [-0.4, -0.2) is 31.0 Å². The SMILES string of the molecule is CCOc1ccc(N2C(=O)C[C@@H](NCCc3ccccc3)C2=O)cc1. The van der Waals surface area contributed by atoms with Crippen molar-refractivity contribution in [2.45, 2.75) is 25.8 Å². The van der Waals surface area contributed by atoms with E-state index in [1.807, 2.05) is 25.1 Å². The van der Waals surface area contributed by atoms with E-state index in [1.54, 1.807) is 24.3 Å². The molecule has 25 heavy (non-hydrogen) atoms. The summed E-state index contributed by atoms with van der Waals surface area (Å²) in [5, 5.41) is 3.20. The highest BCUT2D eigenvalue weighted by Gasteiger charge is 2.39. The van der Waals surface area contributed by atoms with Crippen LogP contribution < -0.4 is 15.0 Å². The third-order valence-electron chi connectivity index (χ3n) is 4.20. The van der Waals surface area contributed by atoms with Gasteiger partial charge in [0.2, 0.25) is 5.91 Å². The minimum absolute atomic E-state index is 0.175. The largest absolute Gasteiger partial charge is 0.494 e. The third-order valence-corrected chi connectivity index (χ3v) is 4.20. The van der Waals surface area contributed by atoms with Gasteiger partial charge in [-0.2, -0.15) is 0 Å². The first kappa shape index (κ1) is 17.2. The lowest BCUT2D eigenvalue weighted by molar-refractivity contribution is -0.121. The molecule has 0 spiro atoms. The number of imide groups is 1. The van der Waals surface area contributed by atoms with Crippen LogP contribution in [0.15, 0.2) is 54.6 Å². The van der Waals surface area contributed by atoms with Gasteiger partial charge in [0.1, 0.15) is 5.75 Å². The molecule has 1 aliphatic rings.